The molecule has 0 saturated heterocycles. The first kappa shape index (κ1) is 7.23. The molecule has 0 spiro atoms. The van der Waals surface area contributed by atoms with E-state index in [1.807, 2.05) is 0 Å². The van der Waals surface area contributed by atoms with Crippen molar-refractivity contribution in [1.29, 1.82) is 10.5 Å². The Morgan fingerprint density at radius 3 is 1.79 bits per heavy atom. The normalized spacial score (nSPS) is 23.0. The predicted octanol–water partition coefficient (Wildman–Crippen LogP) is 1.74. The van der Waals surface area contributed by atoms with Gasteiger partial charge in [-0.3, -0.25) is 0 Å². The number of rotatable bonds is 0. The molecule has 0 radical (unpaired) electrons. The minimum absolute atomic E-state index is 0.0489. The Kier molecular flexibility index (Phi) is 2.14. The van der Waals surface area contributed by atoms with E-state index in [-0.39, 0.29) is 13.8 Å². The Hall–Kier alpha value is -2.20. The van der Waals surface area contributed by atoms with Gasteiger partial charge in [0.05, 0.1) is 11.4 Å². The van der Waals surface area contributed by atoms with Crippen LogP contribution in [-0.2, 0) is 0 Å². The van der Waals surface area contributed by atoms with Crippen LogP contribution in [0.25, 0.3) is 0 Å². The molecule has 4 nitrogen and oxygen atoms in total. The van der Waals surface area contributed by atoms with Gasteiger partial charge in [0.1, 0.15) is 0 Å². The van der Waals surface area contributed by atoms with Gasteiger partial charge in [-0.05, 0) is 37.1 Å². The van der Waals surface area contributed by atoms with Gasteiger partial charge in [0.2, 0.25) is 12.4 Å². The molecule has 14 heavy (non-hydrogen) atoms. The lowest BCUT2D eigenvalue weighted by Gasteiger charge is -2.09. The van der Waals surface area contributed by atoms with E-state index in [0.29, 0.717) is 22.6 Å². The summed E-state index contributed by atoms with van der Waals surface area (Å²) >= 11 is 0. The summed E-state index contributed by atoms with van der Waals surface area (Å²) in [6.07, 6.45) is 6.34. The van der Waals surface area contributed by atoms with Crippen LogP contribution in [-0.4, -0.2) is 11.4 Å². The predicted molar refractivity (Wildman–Crippen MR) is 53.6 cm³/mol. The van der Waals surface area contributed by atoms with Gasteiger partial charge in [-0.2, -0.15) is 20.5 Å². The molecule has 0 aliphatic heterocycles. The smallest absolute Gasteiger partial charge is 0.173 e. The monoisotopic (exact) mass is 186 g/mol. The second kappa shape index (κ2) is 4.15. The van der Waals surface area contributed by atoms with E-state index < -0.39 is 0 Å². The van der Waals surface area contributed by atoms with Crippen LogP contribution < -0.4 is 0 Å². The zero-order chi connectivity index (χ0) is 12.0. The molecule has 0 aromatic heterocycles. The summed E-state index contributed by atoms with van der Waals surface area (Å²) in [5, 5.41) is 17.0. The summed E-state index contributed by atoms with van der Waals surface area (Å²) < 4.78 is 14.6. The van der Waals surface area contributed by atoms with Crippen molar-refractivity contribution in [3.8, 4) is 12.4 Å². The van der Waals surface area contributed by atoms with Crippen molar-refractivity contribution < 1.29 is 2.74 Å². The van der Waals surface area contributed by atoms with Crippen LogP contribution in [0, 0.1) is 22.9 Å². The number of hydrogen-bond acceptors (Lipinski definition) is 4. The molecule has 0 heterocycles. The highest BCUT2D eigenvalue weighted by atomic mass is 14.8. The summed E-state index contributed by atoms with van der Waals surface area (Å²) in [4.78, 5) is 7.13. The molecule has 0 bridgehead atoms. The van der Waals surface area contributed by atoms with Crippen LogP contribution in [0.5, 0.6) is 0 Å². The fourth-order valence-electron chi connectivity index (χ4n) is 0.979. The van der Waals surface area contributed by atoms with E-state index in [4.69, 9.17) is 13.3 Å². The Morgan fingerprint density at radius 1 is 1.07 bits per heavy atom. The molecular formula is C10H8N4. The molecule has 1 rings (SSSR count). The maximum absolute atomic E-state index is 8.48. The van der Waals surface area contributed by atoms with Crippen molar-refractivity contribution in [3.63, 3.8) is 0 Å². The van der Waals surface area contributed by atoms with E-state index >= 15 is 0 Å². The molecule has 0 amide bonds. The minimum atomic E-state index is -0.0489. The molecule has 1 aliphatic rings. The summed E-state index contributed by atoms with van der Waals surface area (Å²) in [7, 11) is 0. The van der Waals surface area contributed by atoms with Gasteiger partial charge in [-0.25, -0.2) is 0 Å². The van der Waals surface area contributed by atoms with Gasteiger partial charge in [-0.15, -0.1) is 0 Å². The average molecular weight is 186 g/mol. The lowest BCUT2D eigenvalue weighted by molar-refractivity contribution is 1.39. The van der Waals surface area contributed by atoms with Gasteiger partial charge < -0.3 is 0 Å². The Balaban J connectivity index is 3.25. The molecule has 0 aromatic rings. The zero-order valence-corrected chi connectivity index (χ0v) is 7.36. The first-order chi connectivity index (χ1) is 7.76. The molecule has 0 saturated carbocycles. The summed E-state index contributed by atoms with van der Waals surface area (Å²) in [5.41, 5.74) is 1.79. The van der Waals surface area contributed by atoms with Gasteiger partial charge in [0, 0.05) is 2.74 Å². The maximum Gasteiger partial charge on any atom is 0.206 e. The highest BCUT2D eigenvalue weighted by Crippen LogP contribution is 2.13. The van der Waals surface area contributed by atoms with Crippen molar-refractivity contribution in [1.82, 2.24) is 0 Å². The van der Waals surface area contributed by atoms with Crippen LogP contribution in [0.1, 0.15) is 16.5 Å². The van der Waals surface area contributed by atoms with E-state index in [9.17, 15) is 0 Å². The van der Waals surface area contributed by atoms with Crippen LogP contribution in [0.3, 0.4) is 0 Å². The van der Waals surface area contributed by atoms with E-state index in [2.05, 4.69) is 9.98 Å². The number of nitriles is 2. The van der Waals surface area contributed by atoms with Crippen LogP contribution >= 0.6 is 0 Å². The number of nitrogens with zero attached hydrogens (tertiary/aromatic N) is 4. The van der Waals surface area contributed by atoms with Gasteiger partial charge in [-0.1, -0.05) is 0 Å². The molecule has 0 aromatic carbocycles. The Bertz CT molecular complexity index is 440. The molecule has 1 aliphatic carbocycles. The second-order valence-electron chi connectivity index (χ2n) is 2.53. The van der Waals surface area contributed by atoms with Gasteiger partial charge in [0.25, 0.3) is 0 Å². The summed E-state index contributed by atoms with van der Waals surface area (Å²) in [6, 6.07) is 0. The SMILES string of the molecule is [2H]CC1=CC(=NC#N)C(C[2H])=CC1=NC#N. The first-order valence-electron chi connectivity index (χ1n) is 5.12. The standard InChI is InChI=1S/C10H8N4/c1-7-3-10(14-6-12)8(2)4-9(7)13-5-11/h3-4H,1-2H3/i1D,2D. The number of aliphatic imine (C=N–C) groups is 2. The Morgan fingerprint density at radius 2 is 1.50 bits per heavy atom. The molecular weight excluding hydrogens is 176 g/mol. The van der Waals surface area contributed by atoms with Crippen LogP contribution in [0.2, 0.25) is 0 Å². The van der Waals surface area contributed by atoms with Crippen molar-refractivity contribution in [2.75, 3.05) is 0 Å². The minimum Gasteiger partial charge on any atom is -0.173 e. The first-order valence-corrected chi connectivity index (χ1v) is 3.70. The quantitative estimate of drug-likeness (QED) is 0.427. The zero-order valence-electron chi connectivity index (χ0n) is 9.36. The fourth-order valence-corrected chi connectivity index (χ4v) is 0.979. The third kappa shape index (κ3) is 1.94. The van der Waals surface area contributed by atoms with Crippen molar-refractivity contribution in [2.45, 2.75) is 13.8 Å². The number of hydrogen-bond donors (Lipinski definition) is 0. The fraction of sp³-hybridized carbons (Fsp3) is 0.200. The highest BCUT2D eigenvalue weighted by molar-refractivity contribution is 6.23. The van der Waals surface area contributed by atoms with Gasteiger partial charge >= 0.3 is 0 Å². The topological polar surface area (TPSA) is 72.3 Å². The van der Waals surface area contributed by atoms with Crippen molar-refractivity contribution in [3.05, 3.63) is 23.3 Å². The average Bonchev–Trinajstić information content (AvgIpc) is 2.31. The van der Waals surface area contributed by atoms with E-state index in [0.717, 1.165) is 0 Å². The molecule has 4 heteroatoms. The molecule has 0 atom stereocenters. The molecule has 0 unspecified atom stereocenters. The van der Waals surface area contributed by atoms with Crippen LogP contribution in [0.15, 0.2) is 33.3 Å². The number of allylic oxidation sites excluding steroid dienone is 4. The summed E-state index contributed by atoms with van der Waals surface area (Å²) in [6.45, 7) is -0.0977. The molecule has 0 N–H and O–H groups in total. The van der Waals surface area contributed by atoms with Crippen molar-refractivity contribution in [2.24, 2.45) is 9.98 Å². The maximum atomic E-state index is 8.48. The van der Waals surface area contributed by atoms with Crippen molar-refractivity contribution >= 4 is 11.4 Å². The molecule has 0 fully saturated rings. The third-order valence-electron chi connectivity index (χ3n) is 1.62. The molecule has 68 valence electrons. The Labute approximate surface area is 85.0 Å². The lowest BCUT2D eigenvalue weighted by atomic mass is 9.98. The third-order valence-corrected chi connectivity index (χ3v) is 1.62. The van der Waals surface area contributed by atoms with E-state index in [1.165, 1.54) is 12.2 Å². The summed E-state index contributed by atoms with van der Waals surface area (Å²) in [5.74, 6) is 0. The highest BCUT2D eigenvalue weighted by Gasteiger charge is 2.10. The van der Waals surface area contributed by atoms with E-state index in [1.54, 1.807) is 12.4 Å². The lowest BCUT2D eigenvalue weighted by Crippen LogP contribution is -2.10. The largest absolute Gasteiger partial charge is 0.206 e. The van der Waals surface area contributed by atoms with Gasteiger partial charge in [0.15, 0.2) is 0 Å². The van der Waals surface area contributed by atoms with Crippen LogP contribution in [0.4, 0.5) is 0 Å². The second-order valence-corrected chi connectivity index (χ2v) is 2.53.